The summed E-state index contributed by atoms with van der Waals surface area (Å²) in [4.78, 5) is 0.189. The average molecular weight is 299 g/mol. The van der Waals surface area contributed by atoms with Crippen LogP contribution in [0.2, 0.25) is 0 Å². The molecule has 0 atom stereocenters. The monoisotopic (exact) mass is 299 g/mol. The Morgan fingerprint density at radius 3 is 2.35 bits per heavy atom. The first-order valence-electron chi connectivity index (χ1n) is 6.75. The molecule has 0 saturated heterocycles. The van der Waals surface area contributed by atoms with Crippen molar-refractivity contribution in [1.82, 2.24) is 4.72 Å². The Labute approximate surface area is 120 Å². The Morgan fingerprint density at radius 2 is 1.90 bits per heavy atom. The van der Waals surface area contributed by atoms with Crippen molar-refractivity contribution in [3.05, 3.63) is 24.3 Å². The van der Waals surface area contributed by atoms with E-state index in [1.807, 2.05) is 13.8 Å². The molecule has 2 rings (SSSR count). The highest BCUT2D eigenvalue weighted by atomic mass is 32.2. The standard InChI is InChI=1S/C14H21NO4S/c1-11(2)9-19-12-3-5-13(6-4-12)20(17,18)15-14(10-16)7-8-14/h3-6,11,15-16H,7-10H2,1-2H3. The molecule has 1 aliphatic rings. The lowest BCUT2D eigenvalue weighted by atomic mass is 10.2. The number of benzene rings is 1. The first-order valence-corrected chi connectivity index (χ1v) is 8.23. The van der Waals surface area contributed by atoms with Crippen molar-refractivity contribution >= 4 is 10.0 Å². The van der Waals surface area contributed by atoms with Crippen molar-refractivity contribution in [1.29, 1.82) is 0 Å². The van der Waals surface area contributed by atoms with Gasteiger partial charge in [-0.25, -0.2) is 13.1 Å². The molecular formula is C14H21NO4S. The van der Waals surface area contributed by atoms with Crippen LogP contribution < -0.4 is 9.46 Å². The summed E-state index contributed by atoms with van der Waals surface area (Å²) >= 11 is 0. The summed E-state index contributed by atoms with van der Waals surface area (Å²) in [6, 6.07) is 6.34. The second-order valence-corrected chi connectivity index (χ2v) is 7.40. The van der Waals surface area contributed by atoms with Crippen LogP contribution in [0.5, 0.6) is 5.75 Å². The second-order valence-electron chi connectivity index (χ2n) is 5.72. The smallest absolute Gasteiger partial charge is 0.241 e. The van der Waals surface area contributed by atoms with Crippen molar-refractivity contribution in [2.24, 2.45) is 5.92 Å². The molecule has 1 aliphatic carbocycles. The van der Waals surface area contributed by atoms with E-state index < -0.39 is 15.6 Å². The third-order valence-corrected chi connectivity index (χ3v) is 4.82. The summed E-state index contributed by atoms with van der Waals surface area (Å²) in [5, 5.41) is 9.19. The zero-order chi connectivity index (χ0) is 14.8. The topological polar surface area (TPSA) is 75.6 Å². The molecule has 0 spiro atoms. The second kappa shape index (κ2) is 5.71. The normalized spacial score (nSPS) is 17.2. The van der Waals surface area contributed by atoms with E-state index >= 15 is 0 Å². The summed E-state index contributed by atoms with van der Waals surface area (Å²) in [5.74, 6) is 1.07. The van der Waals surface area contributed by atoms with Crippen LogP contribution in [-0.4, -0.2) is 32.3 Å². The largest absolute Gasteiger partial charge is 0.493 e. The number of aliphatic hydroxyl groups excluding tert-OH is 1. The highest BCUT2D eigenvalue weighted by molar-refractivity contribution is 7.89. The molecule has 112 valence electrons. The fourth-order valence-corrected chi connectivity index (χ4v) is 3.22. The van der Waals surface area contributed by atoms with Crippen LogP contribution in [0.15, 0.2) is 29.2 Å². The van der Waals surface area contributed by atoms with Gasteiger partial charge in [0, 0.05) is 0 Å². The van der Waals surface area contributed by atoms with Crippen molar-refractivity contribution in [3.63, 3.8) is 0 Å². The molecule has 1 aromatic carbocycles. The van der Waals surface area contributed by atoms with Crippen LogP contribution in [-0.2, 0) is 10.0 Å². The maximum Gasteiger partial charge on any atom is 0.241 e. The molecule has 1 aromatic rings. The quantitative estimate of drug-likeness (QED) is 0.800. The molecule has 0 radical (unpaired) electrons. The summed E-state index contributed by atoms with van der Waals surface area (Å²) in [5.41, 5.74) is -0.647. The zero-order valence-corrected chi connectivity index (χ0v) is 12.6. The first kappa shape index (κ1) is 15.3. The lowest BCUT2D eigenvalue weighted by Gasteiger charge is -2.15. The average Bonchev–Trinajstić information content (AvgIpc) is 3.16. The maximum atomic E-state index is 12.2. The summed E-state index contributed by atoms with van der Waals surface area (Å²) in [7, 11) is -3.58. The highest BCUT2D eigenvalue weighted by Gasteiger charge is 2.45. The summed E-state index contributed by atoms with van der Waals surface area (Å²) in [6.07, 6.45) is 1.36. The van der Waals surface area contributed by atoms with Crippen molar-refractivity contribution in [3.8, 4) is 5.75 Å². The van der Waals surface area contributed by atoms with Gasteiger partial charge in [0.1, 0.15) is 5.75 Å². The van der Waals surface area contributed by atoms with Crippen LogP contribution >= 0.6 is 0 Å². The minimum atomic E-state index is -3.58. The Bertz CT molecular complexity index is 547. The minimum absolute atomic E-state index is 0.165. The summed E-state index contributed by atoms with van der Waals surface area (Å²) in [6.45, 7) is 4.53. The Balaban J connectivity index is 2.05. The number of hydrogen-bond acceptors (Lipinski definition) is 4. The van der Waals surface area contributed by atoms with Gasteiger partial charge in [0.05, 0.1) is 23.6 Å². The van der Waals surface area contributed by atoms with E-state index in [1.165, 1.54) is 12.1 Å². The number of ether oxygens (including phenoxy) is 1. The van der Waals surface area contributed by atoms with Crippen molar-refractivity contribution in [2.75, 3.05) is 13.2 Å². The third-order valence-electron chi connectivity index (χ3n) is 3.22. The van der Waals surface area contributed by atoms with E-state index in [0.29, 0.717) is 31.1 Å². The predicted octanol–water partition coefficient (Wildman–Crippen LogP) is 1.52. The fraction of sp³-hybridized carbons (Fsp3) is 0.571. The summed E-state index contributed by atoms with van der Waals surface area (Å²) < 4.78 is 32.4. The van der Waals surface area contributed by atoms with Gasteiger partial charge in [-0.15, -0.1) is 0 Å². The van der Waals surface area contributed by atoms with Gasteiger partial charge in [-0.1, -0.05) is 13.8 Å². The van der Waals surface area contributed by atoms with Gasteiger partial charge in [-0.3, -0.25) is 0 Å². The van der Waals surface area contributed by atoms with E-state index in [2.05, 4.69) is 4.72 Å². The predicted molar refractivity (Wildman–Crippen MR) is 76.1 cm³/mol. The molecule has 0 aliphatic heterocycles. The number of nitrogens with one attached hydrogen (secondary N) is 1. The third kappa shape index (κ3) is 3.71. The lowest BCUT2D eigenvalue weighted by Crippen LogP contribution is -2.39. The Kier molecular flexibility index (Phi) is 4.36. The van der Waals surface area contributed by atoms with E-state index in [9.17, 15) is 13.5 Å². The van der Waals surface area contributed by atoms with Crippen LogP contribution in [0.25, 0.3) is 0 Å². The van der Waals surface area contributed by atoms with E-state index in [4.69, 9.17) is 4.74 Å². The molecule has 0 aromatic heterocycles. The van der Waals surface area contributed by atoms with Crippen molar-refractivity contribution < 1.29 is 18.3 Å². The Hall–Kier alpha value is -1.11. The molecule has 2 N–H and O–H groups in total. The van der Waals surface area contributed by atoms with Gasteiger partial charge in [-0.2, -0.15) is 0 Å². The molecule has 5 nitrogen and oxygen atoms in total. The van der Waals surface area contributed by atoms with E-state index in [0.717, 1.165) is 0 Å². The molecule has 0 heterocycles. The first-order chi connectivity index (χ1) is 9.37. The van der Waals surface area contributed by atoms with Gasteiger partial charge in [-0.05, 0) is 43.0 Å². The van der Waals surface area contributed by atoms with Crippen LogP contribution in [0, 0.1) is 5.92 Å². The number of hydrogen-bond donors (Lipinski definition) is 2. The highest BCUT2D eigenvalue weighted by Crippen LogP contribution is 2.36. The molecule has 0 amide bonds. The maximum absolute atomic E-state index is 12.2. The van der Waals surface area contributed by atoms with Crippen LogP contribution in [0.4, 0.5) is 0 Å². The van der Waals surface area contributed by atoms with Gasteiger partial charge < -0.3 is 9.84 Å². The molecule has 1 saturated carbocycles. The molecule has 6 heteroatoms. The zero-order valence-electron chi connectivity index (χ0n) is 11.8. The van der Waals surface area contributed by atoms with E-state index in [-0.39, 0.29) is 11.5 Å². The SMILES string of the molecule is CC(C)COc1ccc(S(=O)(=O)NC2(CO)CC2)cc1. The minimum Gasteiger partial charge on any atom is -0.493 e. The Morgan fingerprint density at radius 1 is 1.30 bits per heavy atom. The molecule has 1 fully saturated rings. The van der Waals surface area contributed by atoms with Gasteiger partial charge in [0.15, 0.2) is 0 Å². The number of sulfonamides is 1. The van der Waals surface area contributed by atoms with Crippen LogP contribution in [0.3, 0.4) is 0 Å². The van der Waals surface area contributed by atoms with Gasteiger partial charge in [0.25, 0.3) is 0 Å². The molecule has 20 heavy (non-hydrogen) atoms. The molecule has 0 bridgehead atoms. The lowest BCUT2D eigenvalue weighted by molar-refractivity contribution is 0.246. The number of aliphatic hydroxyl groups is 1. The molecular weight excluding hydrogens is 278 g/mol. The van der Waals surface area contributed by atoms with Gasteiger partial charge >= 0.3 is 0 Å². The fourth-order valence-electron chi connectivity index (χ4n) is 1.77. The van der Waals surface area contributed by atoms with E-state index in [1.54, 1.807) is 12.1 Å². The number of rotatable bonds is 7. The van der Waals surface area contributed by atoms with Crippen LogP contribution in [0.1, 0.15) is 26.7 Å². The van der Waals surface area contributed by atoms with Gasteiger partial charge in [0.2, 0.25) is 10.0 Å². The van der Waals surface area contributed by atoms with Crippen molar-refractivity contribution in [2.45, 2.75) is 37.1 Å². The molecule has 0 unspecified atom stereocenters.